The number of aromatic nitrogens is 1. The van der Waals surface area contributed by atoms with Gasteiger partial charge in [0.2, 0.25) is 0 Å². The number of fused-ring (bicyclic) bond motifs is 1. The van der Waals surface area contributed by atoms with Gasteiger partial charge in [0.05, 0.1) is 5.52 Å². The number of nitrogens with one attached hydrogen (secondary N) is 1. The topological polar surface area (TPSA) is 31.4 Å². The Labute approximate surface area is 200 Å². The van der Waals surface area contributed by atoms with E-state index >= 15 is 0 Å². The molecule has 1 aliphatic rings. The van der Waals surface area contributed by atoms with E-state index in [-0.39, 0.29) is 0 Å². The van der Waals surface area contributed by atoms with Crippen molar-refractivity contribution in [1.29, 1.82) is 0 Å². The van der Waals surface area contributed by atoms with E-state index in [2.05, 4.69) is 74.7 Å². The monoisotopic (exact) mass is 456 g/mol. The second-order valence-electron chi connectivity index (χ2n) is 8.54. The van der Waals surface area contributed by atoms with Crippen LogP contribution in [0.1, 0.15) is 6.42 Å². The van der Waals surface area contributed by atoms with Gasteiger partial charge < -0.3 is 10.2 Å². The van der Waals surface area contributed by atoms with E-state index in [9.17, 15) is 0 Å². The first kappa shape index (κ1) is 21.7. The summed E-state index contributed by atoms with van der Waals surface area (Å²) in [5, 5.41) is 5.42. The first-order valence-corrected chi connectivity index (χ1v) is 12.0. The molecule has 0 saturated carbocycles. The number of rotatable bonds is 7. The summed E-state index contributed by atoms with van der Waals surface area (Å²) in [6.07, 6.45) is 2.95. The second kappa shape index (κ2) is 10.2. The minimum absolute atomic E-state index is 0.721. The molecule has 33 heavy (non-hydrogen) atoms. The lowest BCUT2D eigenvalue weighted by molar-refractivity contribution is 0.257. The molecule has 1 aromatic heterocycles. The van der Waals surface area contributed by atoms with Crippen molar-refractivity contribution >= 4 is 33.9 Å². The number of hydrogen-bond donors (Lipinski definition) is 1. The van der Waals surface area contributed by atoms with Gasteiger partial charge in [-0.05, 0) is 60.5 Å². The van der Waals surface area contributed by atoms with Gasteiger partial charge >= 0.3 is 0 Å². The SMILES string of the molecule is Clc1ccc2c(NCCCN3CCN(c4ccc(-c5ccccc5)cc4)CC3)ccnc2c1. The summed E-state index contributed by atoms with van der Waals surface area (Å²) in [7, 11) is 0. The van der Waals surface area contributed by atoms with Crippen LogP contribution in [0.5, 0.6) is 0 Å². The third-order valence-electron chi connectivity index (χ3n) is 6.38. The fraction of sp³-hybridized carbons (Fsp3) is 0.250. The van der Waals surface area contributed by atoms with Crippen LogP contribution in [0, 0.1) is 0 Å². The van der Waals surface area contributed by atoms with Crippen LogP contribution in [0.4, 0.5) is 11.4 Å². The van der Waals surface area contributed by atoms with Gasteiger partial charge in [0.1, 0.15) is 0 Å². The van der Waals surface area contributed by atoms with Gasteiger partial charge in [-0.1, -0.05) is 54.1 Å². The molecule has 1 saturated heterocycles. The molecule has 0 aliphatic carbocycles. The Bertz CT molecular complexity index is 1190. The van der Waals surface area contributed by atoms with Crippen molar-refractivity contribution in [3.05, 3.63) is 90.1 Å². The molecule has 0 bridgehead atoms. The number of piperazine rings is 1. The molecule has 0 atom stereocenters. The maximum Gasteiger partial charge on any atom is 0.0737 e. The number of benzene rings is 3. The lowest BCUT2D eigenvalue weighted by Crippen LogP contribution is -2.46. The summed E-state index contributed by atoms with van der Waals surface area (Å²) in [5.74, 6) is 0. The molecule has 168 valence electrons. The van der Waals surface area contributed by atoms with E-state index in [1.54, 1.807) is 0 Å². The largest absolute Gasteiger partial charge is 0.384 e. The van der Waals surface area contributed by atoms with E-state index in [0.29, 0.717) is 0 Å². The molecule has 1 fully saturated rings. The molecule has 0 spiro atoms. The van der Waals surface area contributed by atoms with Crippen LogP contribution in [0.15, 0.2) is 85.1 Å². The predicted octanol–water partition coefficient (Wildman–Crippen LogP) is 6.18. The van der Waals surface area contributed by atoms with E-state index in [4.69, 9.17) is 11.6 Å². The number of pyridine rings is 1. The van der Waals surface area contributed by atoms with Crippen LogP contribution in [0.2, 0.25) is 5.02 Å². The van der Waals surface area contributed by atoms with Crippen LogP contribution in [-0.4, -0.2) is 49.2 Å². The Balaban J connectivity index is 1.08. The van der Waals surface area contributed by atoms with Gasteiger partial charge in [-0.25, -0.2) is 0 Å². The number of hydrogen-bond acceptors (Lipinski definition) is 4. The zero-order valence-corrected chi connectivity index (χ0v) is 19.5. The molecule has 1 aliphatic heterocycles. The zero-order valence-electron chi connectivity index (χ0n) is 18.8. The molecule has 0 unspecified atom stereocenters. The Kier molecular flexibility index (Phi) is 6.75. The third-order valence-corrected chi connectivity index (χ3v) is 6.62. The van der Waals surface area contributed by atoms with Crippen molar-refractivity contribution in [2.75, 3.05) is 49.5 Å². The van der Waals surface area contributed by atoms with Crippen molar-refractivity contribution < 1.29 is 0 Å². The highest BCUT2D eigenvalue weighted by atomic mass is 35.5. The van der Waals surface area contributed by atoms with Gasteiger partial charge in [-0.15, -0.1) is 0 Å². The third kappa shape index (κ3) is 5.29. The summed E-state index contributed by atoms with van der Waals surface area (Å²) in [6.45, 7) is 6.43. The Morgan fingerprint density at radius 2 is 1.58 bits per heavy atom. The van der Waals surface area contributed by atoms with Crippen LogP contribution in [-0.2, 0) is 0 Å². The quantitative estimate of drug-likeness (QED) is 0.336. The van der Waals surface area contributed by atoms with Gasteiger partial charge in [-0.3, -0.25) is 9.88 Å². The fourth-order valence-corrected chi connectivity index (χ4v) is 4.69. The second-order valence-corrected chi connectivity index (χ2v) is 8.98. The average Bonchev–Trinajstić information content (AvgIpc) is 2.87. The molecule has 0 amide bonds. The van der Waals surface area contributed by atoms with Gasteiger partial charge in [0.25, 0.3) is 0 Å². The maximum atomic E-state index is 6.10. The van der Waals surface area contributed by atoms with Crippen molar-refractivity contribution in [1.82, 2.24) is 9.88 Å². The molecular formula is C28H29ClN4. The van der Waals surface area contributed by atoms with Crippen molar-refractivity contribution in [2.24, 2.45) is 0 Å². The van der Waals surface area contributed by atoms with Crippen LogP contribution < -0.4 is 10.2 Å². The van der Waals surface area contributed by atoms with E-state index < -0.39 is 0 Å². The molecule has 5 heteroatoms. The lowest BCUT2D eigenvalue weighted by Gasteiger charge is -2.36. The maximum absolute atomic E-state index is 6.10. The smallest absolute Gasteiger partial charge is 0.0737 e. The molecular weight excluding hydrogens is 428 g/mol. The Morgan fingerprint density at radius 3 is 2.36 bits per heavy atom. The highest BCUT2D eigenvalue weighted by molar-refractivity contribution is 6.31. The molecule has 0 radical (unpaired) electrons. The highest BCUT2D eigenvalue weighted by Crippen LogP contribution is 2.25. The summed E-state index contributed by atoms with van der Waals surface area (Å²) < 4.78 is 0. The fourth-order valence-electron chi connectivity index (χ4n) is 4.53. The average molecular weight is 457 g/mol. The molecule has 4 nitrogen and oxygen atoms in total. The zero-order chi connectivity index (χ0) is 22.5. The van der Waals surface area contributed by atoms with Crippen LogP contribution >= 0.6 is 11.6 Å². The predicted molar refractivity (Wildman–Crippen MR) is 140 cm³/mol. The number of halogens is 1. The molecule has 2 heterocycles. The minimum Gasteiger partial charge on any atom is -0.384 e. The van der Waals surface area contributed by atoms with Crippen LogP contribution in [0.25, 0.3) is 22.0 Å². The van der Waals surface area contributed by atoms with Gasteiger partial charge in [0.15, 0.2) is 0 Å². The van der Waals surface area contributed by atoms with Crippen molar-refractivity contribution in [2.45, 2.75) is 6.42 Å². The Hall–Kier alpha value is -3.08. The molecule has 3 aromatic carbocycles. The summed E-state index contributed by atoms with van der Waals surface area (Å²) in [6, 6.07) is 27.5. The number of anilines is 2. The molecule has 4 aromatic rings. The number of nitrogens with zero attached hydrogens (tertiary/aromatic N) is 3. The lowest BCUT2D eigenvalue weighted by atomic mass is 10.1. The van der Waals surface area contributed by atoms with Crippen LogP contribution in [0.3, 0.4) is 0 Å². The van der Waals surface area contributed by atoms with Gasteiger partial charge in [-0.2, -0.15) is 0 Å². The van der Waals surface area contributed by atoms with E-state index in [1.807, 2.05) is 30.5 Å². The normalized spacial score (nSPS) is 14.5. The summed E-state index contributed by atoms with van der Waals surface area (Å²) >= 11 is 6.10. The first-order valence-electron chi connectivity index (χ1n) is 11.7. The first-order chi connectivity index (χ1) is 16.3. The standard InChI is InChI=1S/C28H29ClN4/c29-24-9-12-26-27(13-15-31-28(26)21-24)30-14-4-16-32-17-19-33(20-18-32)25-10-7-23(8-11-25)22-5-2-1-3-6-22/h1-3,5-13,15,21H,4,14,16-20H2,(H,30,31). The summed E-state index contributed by atoms with van der Waals surface area (Å²) in [5.41, 5.74) is 5.92. The van der Waals surface area contributed by atoms with Crippen molar-refractivity contribution in [3.8, 4) is 11.1 Å². The van der Waals surface area contributed by atoms with Gasteiger partial charge in [0, 0.05) is 60.7 Å². The van der Waals surface area contributed by atoms with E-state index in [1.165, 1.54) is 16.8 Å². The molecule has 5 rings (SSSR count). The van der Waals surface area contributed by atoms with E-state index in [0.717, 1.165) is 67.3 Å². The Morgan fingerprint density at radius 1 is 0.818 bits per heavy atom. The molecule has 1 N–H and O–H groups in total. The summed E-state index contributed by atoms with van der Waals surface area (Å²) in [4.78, 5) is 9.49. The van der Waals surface area contributed by atoms with Crippen molar-refractivity contribution in [3.63, 3.8) is 0 Å². The highest BCUT2D eigenvalue weighted by Gasteiger charge is 2.17. The minimum atomic E-state index is 0.721.